The third-order valence-corrected chi connectivity index (χ3v) is 6.70. The van der Waals surface area contributed by atoms with Crippen molar-refractivity contribution >= 4 is 37.8 Å². The number of nitriles is 1. The van der Waals surface area contributed by atoms with Crippen molar-refractivity contribution in [2.45, 2.75) is 64.5 Å². The van der Waals surface area contributed by atoms with Gasteiger partial charge in [-0.15, -0.1) is 0 Å². The number of hydrogen-bond donors (Lipinski definition) is 1. The summed E-state index contributed by atoms with van der Waals surface area (Å²) in [7, 11) is -2.01. The summed E-state index contributed by atoms with van der Waals surface area (Å²) in [5.41, 5.74) is -0.343. The monoisotopic (exact) mass is 509 g/mol. The summed E-state index contributed by atoms with van der Waals surface area (Å²) in [6.07, 6.45) is -3.26. The van der Waals surface area contributed by atoms with Crippen LogP contribution in [0.15, 0.2) is 22.8 Å². The zero-order valence-corrected chi connectivity index (χ0v) is 19.7. The molecule has 30 heavy (non-hydrogen) atoms. The van der Waals surface area contributed by atoms with Gasteiger partial charge in [-0.2, -0.15) is 18.4 Å². The SMILES string of the molecule is CC(C)(CC#N)Cn1cc([C@H](NS(=O)C(C)(C)C)C(F)(F)F)c2cc(F)c(Br)cc21. The number of halogens is 5. The molecule has 2 rings (SSSR count). The van der Waals surface area contributed by atoms with Crippen molar-refractivity contribution in [1.29, 1.82) is 5.26 Å². The Bertz CT molecular complexity index is 1000. The van der Waals surface area contributed by atoms with Crippen LogP contribution in [0.2, 0.25) is 0 Å². The number of hydrogen-bond acceptors (Lipinski definition) is 2. The average Bonchev–Trinajstić information content (AvgIpc) is 2.87. The van der Waals surface area contributed by atoms with Crippen LogP contribution in [0.5, 0.6) is 0 Å². The van der Waals surface area contributed by atoms with Gasteiger partial charge in [0.05, 0.1) is 26.3 Å². The fourth-order valence-corrected chi connectivity index (χ4v) is 4.15. The van der Waals surface area contributed by atoms with E-state index in [2.05, 4.69) is 26.7 Å². The topological polar surface area (TPSA) is 57.8 Å². The molecule has 1 heterocycles. The van der Waals surface area contributed by atoms with Gasteiger partial charge in [-0.25, -0.2) is 13.3 Å². The number of fused-ring (bicyclic) bond motifs is 1. The Kier molecular flexibility index (Phi) is 7.11. The van der Waals surface area contributed by atoms with Crippen LogP contribution in [0, 0.1) is 22.6 Å². The van der Waals surface area contributed by atoms with E-state index in [1.807, 2.05) is 13.8 Å². The zero-order chi connectivity index (χ0) is 23.1. The molecule has 1 N–H and O–H groups in total. The molecule has 0 radical (unpaired) electrons. The first-order valence-corrected chi connectivity index (χ1v) is 11.1. The maximum Gasteiger partial charge on any atom is 0.408 e. The van der Waals surface area contributed by atoms with Crippen molar-refractivity contribution in [3.8, 4) is 6.07 Å². The average molecular weight is 510 g/mol. The van der Waals surface area contributed by atoms with Crippen molar-refractivity contribution in [3.63, 3.8) is 0 Å². The first-order valence-electron chi connectivity index (χ1n) is 9.16. The minimum atomic E-state index is -4.76. The number of benzene rings is 1. The molecule has 1 unspecified atom stereocenters. The van der Waals surface area contributed by atoms with Crippen LogP contribution in [0.1, 0.15) is 52.6 Å². The van der Waals surface area contributed by atoms with Crippen molar-refractivity contribution in [2.75, 3.05) is 0 Å². The third kappa shape index (κ3) is 5.62. The summed E-state index contributed by atoms with van der Waals surface area (Å²) in [5, 5.41) is 9.11. The minimum Gasteiger partial charge on any atom is -0.347 e. The fourth-order valence-electron chi connectivity index (χ4n) is 2.99. The van der Waals surface area contributed by atoms with Crippen LogP contribution < -0.4 is 4.72 Å². The number of aromatic nitrogens is 1. The molecule has 0 fully saturated rings. The van der Waals surface area contributed by atoms with E-state index in [0.29, 0.717) is 5.52 Å². The Morgan fingerprint density at radius 2 is 1.83 bits per heavy atom. The lowest BCUT2D eigenvalue weighted by Gasteiger charge is -2.26. The fraction of sp³-hybridized carbons (Fsp3) is 0.550. The molecule has 0 aliphatic carbocycles. The summed E-state index contributed by atoms with van der Waals surface area (Å²) in [6.45, 7) is 8.60. The van der Waals surface area contributed by atoms with Crippen LogP contribution in [-0.2, 0) is 17.5 Å². The molecule has 0 saturated heterocycles. The van der Waals surface area contributed by atoms with Gasteiger partial charge in [-0.3, -0.25) is 0 Å². The van der Waals surface area contributed by atoms with Crippen LogP contribution >= 0.6 is 15.9 Å². The Morgan fingerprint density at radius 3 is 2.33 bits per heavy atom. The zero-order valence-electron chi connectivity index (χ0n) is 17.3. The third-order valence-electron chi connectivity index (χ3n) is 4.53. The van der Waals surface area contributed by atoms with Gasteiger partial charge in [-0.05, 0) is 54.2 Å². The normalized spacial score (nSPS) is 15.2. The van der Waals surface area contributed by atoms with Crippen molar-refractivity contribution in [1.82, 2.24) is 9.29 Å². The summed E-state index contributed by atoms with van der Waals surface area (Å²) >= 11 is 3.09. The highest BCUT2D eigenvalue weighted by atomic mass is 79.9. The van der Waals surface area contributed by atoms with E-state index in [9.17, 15) is 21.8 Å². The van der Waals surface area contributed by atoms with Gasteiger partial charge in [-0.1, -0.05) is 13.8 Å². The molecule has 10 heteroatoms. The lowest BCUT2D eigenvalue weighted by molar-refractivity contribution is -0.152. The molecule has 1 aromatic heterocycles. The first kappa shape index (κ1) is 24.8. The molecule has 2 aromatic rings. The molecule has 0 saturated carbocycles. The van der Waals surface area contributed by atoms with Gasteiger partial charge in [0.15, 0.2) is 0 Å². The second-order valence-corrected chi connectivity index (χ2v) is 11.8. The lowest BCUT2D eigenvalue weighted by Crippen LogP contribution is -2.41. The minimum absolute atomic E-state index is 0.0733. The van der Waals surface area contributed by atoms with Crippen LogP contribution in [0.3, 0.4) is 0 Å². The number of nitrogens with one attached hydrogen (secondary N) is 1. The Morgan fingerprint density at radius 1 is 1.23 bits per heavy atom. The number of alkyl halides is 3. The molecule has 4 nitrogen and oxygen atoms in total. The molecule has 0 aliphatic rings. The Hall–Kier alpha value is -1.44. The molecule has 0 amide bonds. The maximum absolute atomic E-state index is 14.2. The standard InChI is InChI=1S/C20H24BrF4N3OS/c1-18(2,3)30(29)27-17(20(23,24)25)13-10-28(11-19(4,5)6-7-26)16-9-14(21)15(22)8-12(13)16/h8-10,17,27H,6,11H2,1-5H3/t17-,30?/m0/s1. The van der Waals surface area contributed by atoms with Crippen molar-refractivity contribution < 1.29 is 21.8 Å². The molecule has 0 bridgehead atoms. The lowest BCUT2D eigenvalue weighted by atomic mass is 9.90. The molecular weight excluding hydrogens is 486 g/mol. The van der Waals surface area contributed by atoms with Crippen molar-refractivity contribution in [3.05, 3.63) is 34.2 Å². The summed E-state index contributed by atoms with van der Waals surface area (Å²) in [5.74, 6) is -0.698. The molecule has 0 aliphatic heterocycles. The number of rotatable bonds is 6. The molecule has 2 atom stereocenters. The van der Waals surface area contributed by atoms with E-state index >= 15 is 0 Å². The Balaban J connectivity index is 2.70. The smallest absolute Gasteiger partial charge is 0.347 e. The predicted octanol–water partition coefficient (Wildman–Crippen LogP) is 6.14. The highest BCUT2D eigenvalue weighted by molar-refractivity contribution is 9.10. The van der Waals surface area contributed by atoms with Crippen molar-refractivity contribution in [2.24, 2.45) is 5.41 Å². The highest BCUT2D eigenvalue weighted by Crippen LogP contribution is 2.40. The molecular formula is C20H24BrF4N3OS. The van der Waals surface area contributed by atoms with E-state index in [4.69, 9.17) is 5.26 Å². The van der Waals surface area contributed by atoms with Crippen LogP contribution in [-0.4, -0.2) is 19.7 Å². The molecule has 0 spiro atoms. The van der Waals surface area contributed by atoms with Crippen LogP contribution in [0.25, 0.3) is 10.9 Å². The van der Waals surface area contributed by atoms with Crippen LogP contribution in [0.4, 0.5) is 17.6 Å². The largest absolute Gasteiger partial charge is 0.408 e. The Labute approximate surface area is 184 Å². The number of nitrogens with zero attached hydrogens (tertiary/aromatic N) is 2. The molecule has 1 aromatic carbocycles. The highest BCUT2D eigenvalue weighted by Gasteiger charge is 2.44. The van der Waals surface area contributed by atoms with E-state index in [1.54, 1.807) is 25.3 Å². The van der Waals surface area contributed by atoms with Gasteiger partial charge in [0.25, 0.3) is 0 Å². The quantitative estimate of drug-likeness (QED) is 0.475. The van der Waals surface area contributed by atoms with E-state index in [0.717, 1.165) is 6.07 Å². The van der Waals surface area contributed by atoms with Gasteiger partial charge in [0.1, 0.15) is 11.9 Å². The van der Waals surface area contributed by atoms with Gasteiger partial charge < -0.3 is 4.57 Å². The second kappa shape index (κ2) is 8.60. The van der Waals surface area contributed by atoms with Gasteiger partial charge in [0, 0.05) is 35.6 Å². The second-order valence-electron chi connectivity index (χ2n) is 8.97. The van der Waals surface area contributed by atoms with E-state index in [-0.39, 0.29) is 28.4 Å². The maximum atomic E-state index is 14.2. The predicted molar refractivity (Wildman–Crippen MR) is 113 cm³/mol. The van der Waals surface area contributed by atoms with Gasteiger partial charge >= 0.3 is 6.18 Å². The van der Waals surface area contributed by atoms with Gasteiger partial charge in [0.2, 0.25) is 0 Å². The summed E-state index contributed by atoms with van der Waals surface area (Å²) in [6, 6.07) is 2.30. The van der Waals surface area contributed by atoms with E-state index < -0.39 is 39.2 Å². The first-order chi connectivity index (χ1) is 13.6. The summed E-state index contributed by atoms with van der Waals surface area (Å²) in [4.78, 5) is 0. The molecule has 166 valence electrons. The summed E-state index contributed by atoms with van der Waals surface area (Å²) < 4.78 is 71.6. The van der Waals surface area contributed by atoms with E-state index in [1.165, 1.54) is 12.3 Å².